The molecule has 1 fully saturated rings. The predicted molar refractivity (Wildman–Crippen MR) is 51.2 cm³/mol. The van der Waals surface area contributed by atoms with Crippen molar-refractivity contribution in [3.8, 4) is 0 Å². The first-order valence-corrected chi connectivity index (χ1v) is 5.38. The predicted octanol–water partition coefficient (Wildman–Crippen LogP) is 2.76. The Morgan fingerprint density at radius 1 is 1.67 bits per heavy atom. The van der Waals surface area contributed by atoms with Crippen molar-refractivity contribution in [1.82, 2.24) is 0 Å². The molecule has 0 aromatic carbocycles. The summed E-state index contributed by atoms with van der Waals surface area (Å²) in [5.74, 6) is 0.778. The molecule has 0 spiro atoms. The maximum Gasteiger partial charge on any atom is 0.0879 e. The summed E-state index contributed by atoms with van der Waals surface area (Å²) in [6.45, 7) is 1.92. The number of hydrogen-bond acceptors (Lipinski definition) is 2. The van der Waals surface area contributed by atoms with Crippen LogP contribution in [-0.2, 0) is 5.60 Å². The zero-order chi connectivity index (χ0) is 8.60. The maximum atomic E-state index is 10.1. The third-order valence-electron chi connectivity index (χ3n) is 2.53. The van der Waals surface area contributed by atoms with Crippen LogP contribution in [0.4, 0.5) is 0 Å². The van der Waals surface area contributed by atoms with Crippen molar-refractivity contribution in [3.05, 3.63) is 22.4 Å². The molecular formula is C10H14OS. The lowest BCUT2D eigenvalue weighted by Gasteiger charge is -2.21. The van der Waals surface area contributed by atoms with E-state index in [2.05, 4.69) is 0 Å². The lowest BCUT2D eigenvalue weighted by atomic mass is 9.93. The molecule has 1 aromatic heterocycles. The molecule has 66 valence electrons. The molecular weight excluding hydrogens is 168 g/mol. The Hall–Kier alpha value is -0.340. The van der Waals surface area contributed by atoms with Crippen molar-refractivity contribution < 1.29 is 5.11 Å². The Balaban J connectivity index is 2.08. The van der Waals surface area contributed by atoms with Gasteiger partial charge in [0, 0.05) is 0 Å². The van der Waals surface area contributed by atoms with Crippen LogP contribution in [-0.4, -0.2) is 5.11 Å². The zero-order valence-electron chi connectivity index (χ0n) is 7.29. The van der Waals surface area contributed by atoms with E-state index in [1.165, 1.54) is 12.8 Å². The Bertz CT molecular complexity index is 247. The molecule has 1 heterocycles. The molecule has 2 rings (SSSR count). The summed E-state index contributed by atoms with van der Waals surface area (Å²) in [4.78, 5) is 0. The lowest BCUT2D eigenvalue weighted by molar-refractivity contribution is 0.0422. The van der Waals surface area contributed by atoms with Gasteiger partial charge >= 0.3 is 0 Å². The third kappa shape index (κ3) is 1.70. The van der Waals surface area contributed by atoms with E-state index in [0.29, 0.717) is 0 Å². The Labute approximate surface area is 77.0 Å². The van der Waals surface area contributed by atoms with Crippen molar-refractivity contribution in [3.63, 3.8) is 0 Å². The molecule has 0 amide bonds. The van der Waals surface area contributed by atoms with E-state index in [1.54, 1.807) is 11.3 Å². The average Bonchev–Trinajstić information content (AvgIpc) is 2.67. The fourth-order valence-corrected chi connectivity index (χ4v) is 2.36. The highest BCUT2D eigenvalue weighted by molar-refractivity contribution is 7.08. The van der Waals surface area contributed by atoms with Crippen LogP contribution in [0.1, 0.15) is 31.7 Å². The minimum Gasteiger partial charge on any atom is -0.385 e. The summed E-state index contributed by atoms with van der Waals surface area (Å²) in [5, 5.41) is 14.2. The van der Waals surface area contributed by atoms with Crippen LogP contribution in [0.25, 0.3) is 0 Å². The SMILES string of the molecule is CC(O)(CC1CC1)c1ccsc1. The van der Waals surface area contributed by atoms with Gasteiger partial charge in [0.25, 0.3) is 0 Å². The van der Waals surface area contributed by atoms with Crippen molar-refractivity contribution in [1.29, 1.82) is 0 Å². The molecule has 2 heteroatoms. The molecule has 0 saturated heterocycles. The first-order valence-electron chi connectivity index (χ1n) is 4.43. The van der Waals surface area contributed by atoms with Gasteiger partial charge in [-0.2, -0.15) is 11.3 Å². The molecule has 1 saturated carbocycles. The summed E-state index contributed by atoms with van der Waals surface area (Å²) in [6, 6.07) is 2.02. The van der Waals surface area contributed by atoms with Crippen LogP contribution >= 0.6 is 11.3 Å². The number of rotatable bonds is 3. The minimum absolute atomic E-state index is 0.582. The van der Waals surface area contributed by atoms with Crippen molar-refractivity contribution in [2.75, 3.05) is 0 Å². The van der Waals surface area contributed by atoms with Crippen LogP contribution in [0.2, 0.25) is 0 Å². The van der Waals surface area contributed by atoms with Gasteiger partial charge in [-0.15, -0.1) is 0 Å². The first-order chi connectivity index (χ1) is 5.68. The van der Waals surface area contributed by atoms with Crippen LogP contribution in [0.3, 0.4) is 0 Å². The number of hydrogen-bond donors (Lipinski definition) is 1. The first kappa shape index (κ1) is 8.27. The monoisotopic (exact) mass is 182 g/mol. The van der Waals surface area contributed by atoms with Crippen molar-refractivity contribution in [2.45, 2.75) is 31.8 Å². The molecule has 12 heavy (non-hydrogen) atoms. The smallest absolute Gasteiger partial charge is 0.0879 e. The van der Waals surface area contributed by atoms with E-state index in [-0.39, 0.29) is 0 Å². The Morgan fingerprint density at radius 3 is 2.92 bits per heavy atom. The summed E-state index contributed by atoms with van der Waals surface area (Å²) in [6.07, 6.45) is 3.55. The van der Waals surface area contributed by atoms with Gasteiger partial charge < -0.3 is 5.11 Å². The lowest BCUT2D eigenvalue weighted by Crippen LogP contribution is -2.20. The average molecular weight is 182 g/mol. The molecule has 1 aliphatic carbocycles. The van der Waals surface area contributed by atoms with E-state index in [1.807, 2.05) is 23.8 Å². The van der Waals surface area contributed by atoms with Crippen molar-refractivity contribution >= 4 is 11.3 Å². The summed E-state index contributed by atoms with van der Waals surface area (Å²) >= 11 is 1.65. The van der Waals surface area contributed by atoms with E-state index in [4.69, 9.17) is 0 Å². The molecule has 1 nitrogen and oxygen atoms in total. The van der Waals surface area contributed by atoms with E-state index in [9.17, 15) is 5.11 Å². The third-order valence-corrected chi connectivity index (χ3v) is 3.21. The molecule has 0 bridgehead atoms. The molecule has 1 N–H and O–H groups in total. The molecule has 0 aliphatic heterocycles. The van der Waals surface area contributed by atoms with Crippen LogP contribution in [0.15, 0.2) is 16.8 Å². The van der Waals surface area contributed by atoms with Crippen LogP contribution in [0.5, 0.6) is 0 Å². The second-order valence-electron chi connectivity index (χ2n) is 3.93. The van der Waals surface area contributed by atoms with E-state index in [0.717, 1.165) is 17.9 Å². The van der Waals surface area contributed by atoms with Crippen LogP contribution in [0, 0.1) is 5.92 Å². The molecule has 1 aliphatic rings. The molecule has 1 atom stereocenters. The summed E-state index contributed by atoms with van der Waals surface area (Å²) in [7, 11) is 0. The normalized spacial score (nSPS) is 22.2. The fourth-order valence-electron chi connectivity index (χ4n) is 1.57. The van der Waals surface area contributed by atoms with Gasteiger partial charge in [0.1, 0.15) is 0 Å². The summed E-state index contributed by atoms with van der Waals surface area (Å²) < 4.78 is 0. The standard InChI is InChI=1S/C10H14OS/c1-10(11,6-8-2-3-8)9-4-5-12-7-9/h4-5,7-8,11H,2-3,6H2,1H3. The second-order valence-corrected chi connectivity index (χ2v) is 4.71. The summed E-state index contributed by atoms with van der Waals surface area (Å²) in [5.41, 5.74) is 0.501. The maximum absolute atomic E-state index is 10.1. The fraction of sp³-hybridized carbons (Fsp3) is 0.600. The van der Waals surface area contributed by atoms with E-state index >= 15 is 0 Å². The highest BCUT2D eigenvalue weighted by atomic mass is 32.1. The van der Waals surface area contributed by atoms with Gasteiger partial charge in [-0.25, -0.2) is 0 Å². The molecule has 0 radical (unpaired) electrons. The van der Waals surface area contributed by atoms with Gasteiger partial charge in [0.15, 0.2) is 0 Å². The van der Waals surface area contributed by atoms with Gasteiger partial charge in [0.05, 0.1) is 5.60 Å². The molecule has 1 unspecified atom stereocenters. The largest absolute Gasteiger partial charge is 0.385 e. The topological polar surface area (TPSA) is 20.2 Å². The zero-order valence-corrected chi connectivity index (χ0v) is 8.10. The Kier molecular flexibility index (Phi) is 1.97. The minimum atomic E-state index is -0.582. The molecule has 1 aromatic rings. The number of aliphatic hydroxyl groups is 1. The van der Waals surface area contributed by atoms with Gasteiger partial charge in [-0.3, -0.25) is 0 Å². The Morgan fingerprint density at radius 2 is 2.42 bits per heavy atom. The second kappa shape index (κ2) is 2.86. The highest BCUT2D eigenvalue weighted by Gasteiger charge is 2.32. The van der Waals surface area contributed by atoms with Gasteiger partial charge in [-0.1, -0.05) is 12.8 Å². The number of thiophene rings is 1. The van der Waals surface area contributed by atoms with Crippen molar-refractivity contribution in [2.24, 2.45) is 5.92 Å². The van der Waals surface area contributed by atoms with Gasteiger partial charge in [0.2, 0.25) is 0 Å². The quantitative estimate of drug-likeness (QED) is 0.762. The highest BCUT2D eigenvalue weighted by Crippen LogP contribution is 2.40. The van der Waals surface area contributed by atoms with E-state index < -0.39 is 5.60 Å². The van der Waals surface area contributed by atoms with Crippen LogP contribution < -0.4 is 0 Å². The van der Waals surface area contributed by atoms with Gasteiger partial charge in [-0.05, 0) is 41.7 Å².